The van der Waals surface area contributed by atoms with Crippen LogP contribution in [0.2, 0.25) is 0 Å². The molecule has 0 aliphatic carbocycles. The summed E-state index contributed by atoms with van der Waals surface area (Å²) in [6, 6.07) is 18.8. The molecule has 154 valence electrons. The van der Waals surface area contributed by atoms with Gasteiger partial charge in [0.25, 0.3) is 0 Å². The maximum atomic E-state index is 12.0. The van der Waals surface area contributed by atoms with Crippen LogP contribution in [0.3, 0.4) is 0 Å². The van der Waals surface area contributed by atoms with E-state index in [1.54, 1.807) is 6.21 Å². The first kappa shape index (κ1) is 22.1. The Morgan fingerprint density at radius 1 is 1.00 bits per heavy atom. The Kier molecular flexibility index (Phi) is 7.65. The number of benzene rings is 3. The molecule has 0 heterocycles. The molecule has 0 saturated carbocycles. The van der Waals surface area contributed by atoms with Crippen LogP contribution < -0.4 is 15.5 Å². The van der Waals surface area contributed by atoms with E-state index in [2.05, 4.69) is 47.7 Å². The van der Waals surface area contributed by atoms with Crippen molar-refractivity contribution in [1.82, 2.24) is 5.43 Å². The summed E-state index contributed by atoms with van der Waals surface area (Å²) in [6.07, 6.45) is 1.58. The van der Waals surface area contributed by atoms with Crippen LogP contribution in [0, 0.1) is 13.8 Å². The summed E-state index contributed by atoms with van der Waals surface area (Å²) in [7, 11) is 0. The maximum Gasteiger partial charge on any atom is 0.339 e. The number of ether oxygens (including phenoxy) is 1. The highest BCUT2D eigenvalue weighted by atomic mass is 79.9. The van der Waals surface area contributed by atoms with Crippen LogP contribution in [0.15, 0.2) is 74.7 Å². The smallest absolute Gasteiger partial charge is 0.339 e. The zero-order valence-electron chi connectivity index (χ0n) is 16.6. The lowest BCUT2D eigenvalue weighted by molar-refractivity contribution is 0.252. The van der Waals surface area contributed by atoms with Crippen molar-refractivity contribution in [2.45, 2.75) is 20.5 Å². The van der Waals surface area contributed by atoms with E-state index in [0.29, 0.717) is 6.61 Å². The van der Waals surface area contributed by atoms with E-state index in [9.17, 15) is 4.79 Å². The third kappa shape index (κ3) is 6.43. The van der Waals surface area contributed by atoms with E-state index in [-0.39, 0.29) is 0 Å². The van der Waals surface area contributed by atoms with Gasteiger partial charge in [-0.25, -0.2) is 10.2 Å². The van der Waals surface area contributed by atoms with Gasteiger partial charge in [0.1, 0.15) is 12.4 Å². The molecule has 0 fully saturated rings. The third-order valence-electron chi connectivity index (χ3n) is 4.43. The topological polar surface area (TPSA) is 62.7 Å². The quantitative estimate of drug-likeness (QED) is 0.280. The molecule has 5 nitrogen and oxygen atoms in total. The number of nitrogens with zero attached hydrogens (tertiary/aromatic N) is 1. The molecule has 3 aromatic rings. The molecule has 3 rings (SSSR count). The fourth-order valence-corrected chi connectivity index (χ4v) is 3.76. The Morgan fingerprint density at radius 2 is 1.77 bits per heavy atom. The lowest BCUT2D eigenvalue weighted by Crippen LogP contribution is -2.24. The molecule has 0 atom stereocenters. The SMILES string of the molecule is Cc1ccc(NC(=O)N/N=C/c2ccc(OCc3ccc(Br)cc3Br)cc2)cc1C. The Hall–Kier alpha value is -2.64. The van der Waals surface area contributed by atoms with Crippen molar-refractivity contribution in [3.63, 3.8) is 0 Å². The minimum Gasteiger partial charge on any atom is -0.489 e. The van der Waals surface area contributed by atoms with E-state index in [1.807, 2.05) is 74.5 Å². The molecule has 0 aliphatic rings. The lowest BCUT2D eigenvalue weighted by atomic mass is 10.1. The number of hydrogen-bond donors (Lipinski definition) is 2. The van der Waals surface area contributed by atoms with Crippen molar-refractivity contribution in [1.29, 1.82) is 0 Å². The number of nitrogens with one attached hydrogen (secondary N) is 2. The van der Waals surface area contributed by atoms with Gasteiger partial charge in [-0.05, 0) is 79.1 Å². The zero-order valence-corrected chi connectivity index (χ0v) is 19.7. The Morgan fingerprint density at radius 3 is 2.47 bits per heavy atom. The summed E-state index contributed by atoms with van der Waals surface area (Å²) in [4.78, 5) is 12.0. The van der Waals surface area contributed by atoms with Crippen molar-refractivity contribution < 1.29 is 9.53 Å². The molecule has 0 aromatic heterocycles. The van der Waals surface area contributed by atoms with Gasteiger partial charge >= 0.3 is 6.03 Å². The van der Waals surface area contributed by atoms with E-state index in [4.69, 9.17) is 4.74 Å². The van der Waals surface area contributed by atoms with Gasteiger partial charge in [0, 0.05) is 20.2 Å². The number of anilines is 1. The summed E-state index contributed by atoms with van der Waals surface area (Å²) in [5.41, 5.74) is 7.39. The number of aryl methyl sites for hydroxylation is 2. The van der Waals surface area contributed by atoms with Gasteiger partial charge in [-0.2, -0.15) is 5.10 Å². The second kappa shape index (κ2) is 10.4. The molecular weight excluding hydrogens is 510 g/mol. The largest absolute Gasteiger partial charge is 0.489 e. The van der Waals surface area contributed by atoms with Crippen molar-refractivity contribution >= 4 is 49.8 Å². The Bertz CT molecular complexity index is 1070. The summed E-state index contributed by atoms with van der Waals surface area (Å²) < 4.78 is 7.83. The molecular formula is C23H21Br2N3O2. The van der Waals surface area contributed by atoms with Gasteiger partial charge in [0.2, 0.25) is 0 Å². The molecule has 7 heteroatoms. The van der Waals surface area contributed by atoms with Crippen molar-refractivity contribution in [3.8, 4) is 5.75 Å². The van der Waals surface area contributed by atoms with Gasteiger partial charge in [0.15, 0.2) is 0 Å². The molecule has 0 spiro atoms. The highest BCUT2D eigenvalue weighted by Gasteiger charge is 2.03. The average molecular weight is 531 g/mol. The van der Waals surface area contributed by atoms with Crippen molar-refractivity contribution in [2.24, 2.45) is 5.10 Å². The first-order valence-electron chi connectivity index (χ1n) is 9.25. The second-order valence-corrected chi connectivity index (χ2v) is 8.49. The van der Waals surface area contributed by atoms with Crippen LogP contribution in [0.5, 0.6) is 5.75 Å². The molecule has 30 heavy (non-hydrogen) atoms. The van der Waals surface area contributed by atoms with E-state index in [1.165, 1.54) is 5.56 Å². The number of carbonyl (C=O) groups is 1. The first-order valence-corrected chi connectivity index (χ1v) is 10.8. The van der Waals surface area contributed by atoms with Gasteiger partial charge in [-0.3, -0.25) is 0 Å². The van der Waals surface area contributed by atoms with E-state index < -0.39 is 6.03 Å². The number of halogens is 2. The molecule has 0 unspecified atom stereocenters. The standard InChI is InChI=1S/C23H21Br2N3O2/c1-15-3-8-20(11-16(15)2)27-23(29)28-26-13-17-4-9-21(10-5-17)30-14-18-6-7-19(24)12-22(18)25/h3-13H,14H2,1-2H3,(H2,27,28,29)/b26-13+. The number of hydrogen-bond acceptors (Lipinski definition) is 3. The summed E-state index contributed by atoms with van der Waals surface area (Å²) in [5.74, 6) is 0.752. The van der Waals surface area contributed by atoms with Crippen LogP contribution in [0.1, 0.15) is 22.3 Å². The average Bonchev–Trinajstić information content (AvgIpc) is 2.71. The molecule has 0 bridgehead atoms. The number of rotatable bonds is 6. The van der Waals surface area contributed by atoms with Crippen LogP contribution in [-0.2, 0) is 6.61 Å². The predicted molar refractivity (Wildman–Crippen MR) is 128 cm³/mol. The van der Waals surface area contributed by atoms with Crippen molar-refractivity contribution in [3.05, 3.63) is 91.9 Å². The zero-order chi connectivity index (χ0) is 21.5. The molecule has 2 amide bonds. The van der Waals surface area contributed by atoms with Crippen LogP contribution >= 0.6 is 31.9 Å². The lowest BCUT2D eigenvalue weighted by Gasteiger charge is -2.08. The van der Waals surface area contributed by atoms with Gasteiger partial charge in [0.05, 0.1) is 6.21 Å². The Labute approximate surface area is 192 Å². The van der Waals surface area contributed by atoms with E-state index in [0.717, 1.165) is 37.1 Å². The van der Waals surface area contributed by atoms with Crippen LogP contribution in [0.4, 0.5) is 10.5 Å². The van der Waals surface area contributed by atoms with Gasteiger partial charge in [-0.1, -0.05) is 44.0 Å². The molecule has 0 saturated heterocycles. The highest BCUT2D eigenvalue weighted by Crippen LogP contribution is 2.23. The van der Waals surface area contributed by atoms with Crippen LogP contribution in [0.25, 0.3) is 0 Å². The fraction of sp³-hybridized carbons (Fsp3) is 0.130. The normalized spacial score (nSPS) is 10.8. The minimum absolute atomic E-state index is 0.394. The molecule has 0 aliphatic heterocycles. The fourth-order valence-electron chi connectivity index (χ4n) is 2.59. The highest BCUT2D eigenvalue weighted by molar-refractivity contribution is 9.11. The number of hydrazone groups is 1. The van der Waals surface area contributed by atoms with E-state index >= 15 is 0 Å². The second-order valence-electron chi connectivity index (χ2n) is 6.72. The summed E-state index contributed by atoms with van der Waals surface area (Å²) in [6.45, 7) is 4.49. The third-order valence-corrected chi connectivity index (χ3v) is 5.67. The first-order chi connectivity index (χ1) is 14.4. The van der Waals surface area contributed by atoms with Crippen molar-refractivity contribution in [2.75, 3.05) is 5.32 Å². The summed E-state index contributed by atoms with van der Waals surface area (Å²) >= 11 is 6.97. The monoisotopic (exact) mass is 529 g/mol. The number of carbonyl (C=O) groups excluding carboxylic acids is 1. The molecule has 3 aromatic carbocycles. The van der Waals surface area contributed by atoms with Crippen LogP contribution in [-0.4, -0.2) is 12.2 Å². The molecule has 0 radical (unpaired) electrons. The molecule has 2 N–H and O–H groups in total. The number of amides is 2. The Balaban J connectivity index is 1.49. The van der Waals surface area contributed by atoms with Gasteiger partial charge in [-0.15, -0.1) is 0 Å². The number of urea groups is 1. The summed E-state index contributed by atoms with van der Waals surface area (Å²) in [5, 5.41) is 6.74. The minimum atomic E-state index is -0.394. The predicted octanol–water partition coefficient (Wildman–Crippen LogP) is 6.56. The van der Waals surface area contributed by atoms with Gasteiger partial charge < -0.3 is 10.1 Å². The maximum absolute atomic E-state index is 12.0.